The molecule has 2 aliphatic carbocycles. The van der Waals surface area contributed by atoms with Crippen molar-refractivity contribution in [3.63, 3.8) is 0 Å². The molecular formula is C22H23Cl2N3O. The molecule has 1 N–H and O–H groups in total. The van der Waals surface area contributed by atoms with E-state index < -0.39 is 5.54 Å². The predicted molar refractivity (Wildman–Crippen MR) is 114 cm³/mol. The highest BCUT2D eigenvalue weighted by Gasteiger charge is 2.52. The number of halogens is 2. The number of para-hydroxylation sites is 2. The van der Waals surface area contributed by atoms with Crippen LogP contribution in [0.25, 0.3) is 0 Å². The van der Waals surface area contributed by atoms with E-state index >= 15 is 0 Å². The predicted octanol–water partition coefficient (Wildman–Crippen LogP) is 4.63. The average molecular weight is 416 g/mol. The van der Waals surface area contributed by atoms with Crippen molar-refractivity contribution in [2.45, 2.75) is 43.8 Å². The summed E-state index contributed by atoms with van der Waals surface area (Å²) in [6.45, 7) is 2.19. The summed E-state index contributed by atoms with van der Waals surface area (Å²) in [5.41, 5.74) is 2.67. The molecular weight excluding hydrogens is 393 g/mol. The summed E-state index contributed by atoms with van der Waals surface area (Å²) in [5.74, 6) is 0.175. The van der Waals surface area contributed by atoms with E-state index in [0.29, 0.717) is 22.6 Å². The lowest BCUT2D eigenvalue weighted by Crippen LogP contribution is -2.53. The van der Waals surface area contributed by atoms with Gasteiger partial charge in [-0.25, -0.2) is 0 Å². The van der Waals surface area contributed by atoms with E-state index in [2.05, 4.69) is 28.4 Å². The zero-order chi connectivity index (χ0) is 19.3. The molecule has 6 heteroatoms. The topological polar surface area (TPSA) is 35.6 Å². The number of benzene rings is 2. The molecule has 0 saturated heterocycles. The Morgan fingerprint density at radius 3 is 2.54 bits per heavy atom. The maximum Gasteiger partial charge on any atom is 0.247 e. The number of amides is 1. The Labute approximate surface area is 175 Å². The van der Waals surface area contributed by atoms with Crippen molar-refractivity contribution in [2.75, 3.05) is 22.9 Å². The number of rotatable bonds is 5. The molecule has 2 saturated carbocycles. The van der Waals surface area contributed by atoms with E-state index in [1.54, 1.807) is 12.1 Å². The number of carbonyl (C=O) groups is 1. The van der Waals surface area contributed by atoms with Gasteiger partial charge in [0.2, 0.25) is 5.91 Å². The minimum atomic E-state index is -0.486. The van der Waals surface area contributed by atoms with Crippen molar-refractivity contribution in [3.8, 4) is 0 Å². The second-order valence-corrected chi connectivity index (χ2v) is 8.89. The van der Waals surface area contributed by atoms with Crippen LogP contribution >= 0.6 is 23.2 Å². The zero-order valence-corrected chi connectivity index (χ0v) is 17.1. The molecule has 2 aromatic rings. The van der Waals surface area contributed by atoms with E-state index in [9.17, 15) is 4.79 Å². The van der Waals surface area contributed by atoms with Gasteiger partial charge in [0.15, 0.2) is 0 Å². The van der Waals surface area contributed by atoms with Crippen LogP contribution in [0, 0.1) is 0 Å². The number of hydrogen-bond acceptors (Lipinski definition) is 3. The monoisotopic (exact) mass is 415 g/mol. The van der Waals surface area contributed by atoms with Gasteiger partial charge >= 0.3 is 0 Å². The molecule has 0 spiro atoms. The summed E-state index contributed by atoms with van der Waals surface area (Å²) in [6, 6.07) is 14.4. The quantitative estimate of drug-likeness (QED) is 0.772. The fourth-order valence-electron chi connectivity index (χ4n) is 4.15. The lowest BCUT2D eigenvalue weighted by Gasteiger charge is -2.39. The summed E-state index contributed by atoms with van der Waals surface area (Å²) in [5, 5.41) is 4.81. The van der Waals surface area contributed by atoms with Gasteiger partial charge in [-0.2, -0.15) is 0 Å². The van der Waals surface area contributed by atoms with Crippen LogP contribution in [-0.4, -0.2) is 30.6 Å². The Kier molecular flexibility index (Phi) is 4.53. The zero-order valence-electron chi connectivity index (χ0n) is 15.6. The molecule has 1 heterocycles. The van der Waals surface area contributed by atoms with Gasteiger partial charge in [-0.1, -0.05) is 35.3 Å². The Balaban J connectivity index is 1.35. The highest BCUT2D eigenvalue weighted by Crippen LogP contribution is 2.44. The molecule has 5 rings (SSSR count). The number of fused-ring (bicyclic) bond motifs is 1. The van der Waals surface area contributed by atoms with Gasteiger partial charge in [0.05, 0.1) is 16.9 Å². The largest absolute Gasteiger partial charge is 0.365 e. The summed E-state index contributed by atoms with van der Waals surface area (Å²) >= 11 is 12.4. The van der Waals surface area contributed by atoms with Gasteiger partial charge in [0.25, 0.3) is 0 Å². The molecule has 4 nitrogen and oxygen atoms in total. The van der Waals surface area contributed by atoms with E-state index in [1.165, 1.54) is 18.5 Å². The van der Waals surface area contributed by atoms with Crippen molar-refractivity contribution in [1.82, 2.24) is 5.32 Å². The molecule has 2 fully saturated rings. The Hall–Kier alpha value is -1.75. The van der Waals surface area contributed by atoms with E-state index in [-0.39, 0.29) is 5.91 Å². The molecule has 1 aliphatic heterocycles. The Morgan fingerprint density at radius 1 is 1.07 bits per heavy atom. The first-order chi connectivity index (χ1) is 13.6. The lowest BCUT2D eigenvalue weighted by molar-refractivity contribution is -0.121. The van der Waals surface area contributed by atoms with Crippen LogP contribution in [0.15, 0.2) is 42.5 Å². The number of hydrogen-bond donors (Lipinski definition) is 1. The number of carbonyl (C=O) groups excluding carboxylic acids is 1. The minimum absolute atomic E-state index is 0.175. The van der Waals surface area contributed by atoms with Gasteiger partial charge < -0.3 is 9.80 Å². The van der Waals surface area contributed by atoms with Crippen molar-refractivity contribution in [1.29, 1.82) is 0 Å². The van der Waals surface area contributed by atoms with Gasteiger partial charge in [-0.15, -0.1) is 0 Å². The average Bonchev–Trinajstić information content (AvgIpc) is 3.62. The highest BCUT2D eigenvalue weighted by molar-refractivity contribution is 6.33. The fourth-order valence-corrected chi connectivity index (χ4v) is 4.53. The summed E-state index contributed by atoms with van der Waals surface area (Å²) < 4.78 is 0. The van der Waals surface area contributed by atoms with Crippen LogP contribution in [0.4, 0.5) is 11.4 Å². The second-order valence-electron chi connectivity index (χ2n) is 8.04. The molecule has 0 radical (unpaired) electrons. The summed E-state index contributed by atoms with van der Waals surface area (Å²) in [4.78, 5) is 17.9. The first kappa shape index (κ1) is 18.3. The van der Waals surface area contributed by atoms with Gasteiger partial charge in [-0.05, 0) is 61.6 Å². The van der Waals surface area contributed by atoms with Gasteiger partial charge in [0.1, 0.15) is 0 Å². The number of anilines is 2. The van der Waals surface area contributed by atoms with E-state index in [0.717, 1.165) is 37.2 Å². The maximum atomic E-state index is 13.5. The molecule has 1 amide bonds. The molecule has 0 bridgehead atoms. The third-order valence-electron chi connectivity index (χ3n) is 6.06. The van der Waals surface area contributed by atoms with Crippen LogP contribution in [0.5, 0.6) is 0 Å². The van der Waals surface area contributed by atoms with Gasteiger partial charge in [0, 0.05) is 35.7 Å². The second kappa shape index (κ2) is 6.94. The highest BCUT2D eigenvalue weighted by atomic mass is 35.5. The van der Waals surface area contributed by atoms with Crippen LogP contribution in [0.3, 0.4) is 0 Å². The minimum Gasteiger partial charge on any atom is -0.365 e. The van der Waals surface area contributed by atoms with Crippen molar-refractivity contribution < 1.29 is 4.79 Å². The van der Waals surface area contributed by atoms with Crippen LogP contribution in [0.2, 0.25) is 10.0 Å². The van der Waals surface area contributed by atoms with E-state index in [1.807, 2.05) is 17.0 Å². The third-order valence-corrected chi connectivity index (χ3v) is 6.67. The van der Waals surface area contributed by atoms with Crippen molar-refractivity contribution in [2.24, 2.45) is 0 Å². The normalized spacial score (nSPS) is 20.1. The number of nitrogens with zero attached hydrogens (tertiary/aromatic N) is 2. The third kappa shape index (κ3) is 3.28. The van der Waals surface area contributed by atoms with Crippen LogP contribution in [-0.2, 0) is 11.3 Å². The molecule has 2 aromatic carbocycles. The molecule has 146 valence electrons. The smallest absolute Gasteiger partial charge is 0.247 e. The molecule has 0 aromatic heterocycles. The summed E-state index contributed by atoms with van der Waals surface area (Å²) in [6.07, 6.45) is 4.23. The van der Waals surface area contributed by atoms with Crippen molar-refractivity contribution in [3.05, 3.63) is 58.1 Å². The SMILES string of the molecule is O=C(N1CCN(C2CC2)c2ccccc21)C1(NCc2cc(Cl)ccc2Cl)CC1. The standard InChI is InChI=1S/C22H23Cl2N3O/c23-16-5-8-18(24)15(13-16)14-25-22(9-10-22)21(28)27-12-11-26(17-6-7-17)19-3-1-2-4-20(19)27/h1-5,8,13,17,25H,6-7,9-12,14H2. The maximum absolute atomic E-state index is 13.5. The summed E-state index contributed by atoms with van der Waals surface area (Å²) in [7, 11) is 0. The molecule has 28 heavy (non-hydrogen) atoms. The fraction of sp³-hybridized carbons (Fsp3) is 0.409. The van der Waals surface area contributed by atoms with Gasteiger partial charge in [-0.3, -0.25) is 10.1 Å². The first-order valence-electron chi connectivity index (χ1n) is 9.94. The Bertz CT molecular complexity index is 924. The van der Waals surface area contributed by atoms with Crippen LogP contribution < -0.4 is 15.1 Å². The molecule has 3 aliphatic rings. The van der Waals surface area contributed by atoms with Crippen molar-refractivity contribution >= 4 is 40.5 Å². The first-order valence-corrected chi connectivity index (χ1v) is 10.7. The van der Waals surface area contributed by atoms with E-state index in [4.69, 9.17) is 23.2 Å². The van der Waals surface area contributed by atoms with Crippen LogP contribution in [0.1, 0.15) is 31.2 Å². The molecule has 0 atom stereocenters. The number of nitrogens with one attached hydrogen (secondary N) is 1. The lowest BCUT2D eigenvalue weighted by atomic mass is 10.1. The Morgan fingerprint density at radius 2 is 1.82 bits per heavy atom. The molecule has 0 unspecified atom stereocenters.